The molecule has 1 aromatic heterocycles. The van der Waals surface area contributed by atoms with Crippen molar-refractivity contribution >= 4 is 23.2 Å². The molecule has 0 atom stereocenters. The first-order valence-electron chi connectivity index (χ1n) is 4.88. The van der Waals surface area contributed by atoms with Crippen molar-refractivity contribution < 1.29 is 9.84 Å². The van der Waals surface area contributed by atoms with E-state index in [1.165, 1.54) is 0 Å². The molecule has 17 heavy (non-hydrogen) atoms. The average molecular weight is 270 g/mol. The van der Waals surface area contributed by atoms with Crippen LogP contribution in [0.5, 0.6) is 11.6 Å². The Balaban J connectivity index is 2.28. The van der Waals surface area contributed by atoms with Crippen molar-refractivity contribution in [2.45, 2.75) is 6.61 Å². The van der Waals surface area contributed by atoms with E-state index in [9.17, 15) is 0 Å². The van der Waals surface area contributed by atoms with Gasteiger partial charge in [-0.2, -0.15) is 0 Å². The second kappa shape index (κ2) is 5.36. The molecule has 3 nitrogen and oxygen atoms in total. The standard InChI is InChI=1S/C12H9Cl2NO2/c13-9-2-1-3-10(12(9)14)17-11-6-8(7-16)4-5-15-11/h1-6,16H,7H2. The number of hydrogen-bond acceptors (Lipinski definition) is 3. The van der Waals surface area contributed by atoms with Crippen LogP contribution in [-0.4, -0.2) is 10.1 Å². The Hall–Kier alpha value is -1.29. The minimum Gasteiger partial charge on any atom is -0.437 e. The number of halogens is 2. The Morgan fingerprint density at radius 2 is 2.06 bits per heavy atom. The van der Waals surface area contributed by atoms with Gasteiger partial charge in [0.25, 0.3) is 0 Å². The fourth-order valence-corrected chi connectivity index (χ4v) is 1.61. The van der Waals surface area contributed by atoms with Gasteiger partial charge in [-0.3, -0.25) is 0 Å². The highest BCUT2D eigenvalue weighted by Crippen LogP contribution is 2.34. The zero-order valence-corrected chi connectivity index (χ0v) is 10.2. The Morgan fingerprint density at radius 1 is 1.24 bits per heavy atom. The fraction of sp³-hybridized carbons (Fsp3) is 0.0833. The maximum atomic E-state index is 9.00. The average Bonchev–Trinajstić information content (AvgIpc) is 2.35. The van der Waals surface area contributed by atoms with E-state index in [0.29, 0.717) is 27.2 Å². The summed E-state index contributed by atoms with van der Waals surface area (Å²) in [5, 5.41) is 9.75. The molecule has 0 amide bonds. The fourth-order valence-electron chi connectivity index (χ4n) is 1.28. The van der Waals surface area contributed by atoms with E-state index in [1.807, 2.05) is 0 Å². The minimum atomic E-state index is -0.0673. The van der Waals surface area contributed by atoms with Crippen LogP contribution >= 0.6 is 23.2 Å². The van der Waals surface area contributed by atoms with Gasteiger partial charge < -0.3 is 9.84 Å². The van der Waals surface area contributed by atoms with Gasteiger partial charge in [0.05, 0.1) is 11.6 Å². The van der Waals surface area contributed by atoms with Crippen LogP contribution in [0.4, 0.5) is 0 Å². The summed E-state index contributed by atoms with van der Waals surface area (Å²) < 4.78 is 5.49. The highest BCUT2D eigenvalue weighted by atomic mass is 35.5. The van der Waals surface area contributed by atoms with Crippen molar-refractivity contribution in [3.63, 3.8) is 0 Å². The van der Waals surface area contributed by atoms with Gasteiger partial charge in [0.15, 0.2) is 0 Å². The summed E-state index contributed by atoms with van der Waals surface area (Å²) in [6.07, 6.45) is 1.55. The maximum Gasteiger partial charge on any atom is 0.219 e. The number of ether oxygens (including phenoxy) is 1. The number of aliphatic hydroxyl groups is 1. The van der Waals surface area contributed by atoms with Gasteiger partial charge in [0.1, 0.15) is 10.8 Å². The molecular formula is C12H9Cl2NO2. The van der Waals surface area contributed by atoms with Gasteiger partial charge in [0, 0.05) is 12.3 Å². The van der Waals surface area contributed by atoms with Gasteiger partial charge >= 0.3 is 0 Å². The molecular weight excluding hydrogens is 261 g/mol. The van der Waals surface area contributed by atoms with E-state index in [-0.39, 0.29) is 6.61 Å². The normalized spacial score (nSPS) is 10.3. The van der Waals surface area contributed by atoms with Crippen LogP contribution in [0.2, 0.25) is 10.0 Å². The molecule has 1 aromatic carbocycles. The summed E-state index contributed by atoms with van der Waals surface area (Å²) in [7, 11) is 0. The highest BCUT2D eigenvalue weighted by molar-refractivity contribution is 6.42. The lowest BCUT2D eigenvalue weighted by Crippen LogP contribution is -1.91. The summed E-state index contributed by atoms with van der Waals surface area (Å²) in [4.78, 5) is 4.02. The first-order chi connectivity index (χ1) is 8.20. The molecule has 0 saturated carbocycles. The molecule has 0 unspecified atom stereocenters. The van der Waals surface area contributed by atoms with Crippen molar-refractivity contribution in [2.24, 2.45) is 0 Å². The zero-order valence-electron chi connectivity index (χ0n) is 8.73. The quantitative estimate of drug-likeness (QED) is 0.925. The van der Waals surface area contributed by atoms with Gasteiger partial charge in [-0.05, 0) is 23.8 Å². The van der Waals surface area contributed by atoms with E-state index >= 15 is 0 Å². The third-order valence-electron chi connectivity index (χ3n) is 2.11. The van der Waals surface area contributed by atoms with Crippen LogP contribution < -0.4 is 4.74 Å². The van der Waals surface area contributed by atoms with Crippen LogP contribution in [-0.2, 0) is 6.61 Å². The van der Waals surface area contributed by atoms with Gasteiger partial charge in [0.2, 0.25) is 5.88 Å². The molecule has 0 aliphatic heterocycles. The van der Waals surface area contributed by atoms with Crippen molar-refractivity contribution in [3.05, 3.63) is 52.1 Å². The lowest BCUT2D eigenvalue weighted by Gasteiger charge is -2.07. The largest absolute Gasteiger partial charge is 0.437 e. The number of nitrogens with zero attached hydrogens (tertiary/aromatic N) is 1. The van der Waals surface area contributed by atoms with Gasteiger partial charge in [-0.1, -0.05) is 29.3 Å². The molecule has 0 radical (unpaired) electrons. The Kier molecular flexibility index (Phi) is 3.84. The first-order valence-corrected chi connectivity index (χ1v) is 5.64. The molecule has 2 aromatic rings. The van der Waals surface area contributed by atoms with E-state index in [2.05, 4.69) is 4.98 Å². The Bertz CT molecular complexity index is 532. The second-order valence-electron chi connectivity index (χ2n) is 3.31. The molecule has 5 heteroatoms. The zero-order chi connectivity index (χ0) is 12.3. The number of aliphatic hydroxyl groups excluding tert-OH is 1. The summed E-state index contributed by atoms with van der Waals surface area (Å²) in [6.45, 7) is -0.0673. The Labute approximate surface area is 109 Å². The smallest absolute Gasteiger partial charge is 0.219 e. The van der Waals surface area contributed by atoms with E-state index in [1.54, 1.807) is 36.5 Å². The maximum absolute atomic E-state index is 9.00. The van der Waals surface area contributed by atoms with E-state index in [4.69, 9.17) is 33.0 Å². The third kappa shape index (κ3) is 2.88. The van der Waals surface area contributed by atoms with Crippen LogP contribution in [0.15, 0.2) is 36.5 Å². The Morgan fingerprint density at radius 3 is 2.82 bits per heavy atom. The van der Waals surface area contributed by atoms with Gasteiger partial charge in [-0.25, -0.2) is 4.98 Å². The topological polar surface area (TPSA) is 42.4 Å². The van der Waals surface area contributed by atoms with Crippen molar-refractivity contribution in [1.29, 1.82) is 0 Å². The molecule has 1 N–H and O–H groups in total. The molecule has 0 aliphatic rings. The number of aromatic nitrogens is 1. The van der Waals surface area contributed by atoms with Crippen LogP contribution in [0.1, 0.15) is 5.56 Å². The SMILES string of the molecule is OCc1ccnc(Oc2cccc(Cl)c2Cl)c1. The first kappa shape index (κ1) is 12.2. The van der Waals surface area contributed by atoms with Gasteiger partial charge in [-0.15, -0.1) is 0 Å². The monoisotopic (exact) mass is 269 g/mol. The molecule has 88 valence electrons. The van der Waals surface area contributed by atoms with E-state index in [0.717, 1.165) is 0 Å². The summed E-state index contributed by atoms with van der Waals surface area (Å²) >= 11 is 11.8. The lowest BCUT2D eigenvalue weighted by atomic mass is 10.3. The van der Waals surface area contributed by atoms with E-state index < -0.39 is 0 Å². The molecule has 0 spiro atoms. The lowest BCUT2D eigenvalue weighted by molar-refractivity contribution is 0.281. The minimum absolute atomic E-state index is 0.0673. The predicted octanol–water partition coefficient (Wildman–Crippen LogP) is 3.67. The summed E-state index contributed by atoms with van der Waals surface area (Å²) in [5.74, 6) is 0.794. The molecule has 0 fully saturated rings. The number of hydrogen-bond donors (Lipinski definition) is 1. The van der Waals surface area contributed by atoms with Crippen molar-refractivity contribution in [2.75, 3.05) is 0 Å². The second-order valence-corrected chi connectivity index (χ2v) is 4.10. The number of pyridine rings is 1. The molecule has 0 aliphatic carbocycles. The van der Waals surface area contributed by atoms with Crippen LogP contribution in [0, 0.1) is 0 Å². The highest BCUT2D eigenvalue weighted by Gasteiger charge is 2.07. The van der Waals surface area contributed by atoms with Crippen LogP contribution in [0.3, 0.4) is 0 Å². The van der Waals surface area contributed by atoms with Crippen molar-refractivity contribution in [1.82, 2.24) is 4.98 Å². The molecule has 1 heterocycles. The third-order valence-corrected chi connectivity index (χ3v) is 2.91. The predicted molar refractivity (Wildman–Crippen MR) is 66.7 cm³/mol. The number of benzene rings is 1. The summed E-state index contributed by atoms with van der Waals surface area (Å²) in [5.41, 5.74) is 0.716. The van der Waals surface area contributed by atoms with Crippen LogP contribution in [0.25, 0.3) is 0 Å². The van der Waals surface area contributed by atoms with Crippen molar-refractivity contribution in [3.8, 4) is 11.6 Å². The molecule has 2 rings (SSSR count). The number of rotatable bonds is 3. The molecule has 0 bridgehead atoms. The summed E-state index contributed by atoms with van der Waals surface area (Å²) in [6, 6.07) is 8.44. The molecule has 0 saturated heterocycles.